The third kappa shape index (κ3) is 2.56. The Labute approximate surface area is 124 Å². The molecule has 0 fully saturated rings. The first-order chi connectivity index (χ1) is 6.00. The topological polar surface area (TPSA) is 0 Å². The lowest BCUT2D eigenvalue weighted by atomic mass is 10.2. The summed E-state index contributed by atoms with van der Waals surface area (Å²) in [4.78, 5) is 0. The lowest BCUT2D eigenvalue weighted by Crippen LogP contribution is -1.88. The minimum absolute atomic E-state index is 0.672. The summed E-state index contributed by atoms with van der Waals surface area (Å²) >= 11 is 21.7. The Morgan fingerprint density at radius 2 is 1.00 bits per heavy atom. The summed E-state index contributed by atoms with van der Waals surface area (Å²) in [5.41, 5.74) is 1.12. The summed E-state index contributed by atoms with van der Waals surface area (Å²) in [6.07, 6.45) is 0. The fraction of sp³-hybridized carbons (Fsp3) is 0.143. The van der Waals surface area contributed by atoms with Gasteiger partial charge in [0.25, 0.3) is 0 Å². The van der Waals surface area contributed by atoms with E-state index in [0.29, 0.717) is 5.75 Å². The van der Waals surface area contributed by atoms with E-state index in [9.17, 15) is 0 Å². The van der Waals surface area contributed by atoms with Gasteiger partial charge >= 0.3 is 0 Å². The molecule has 1 aromatic rings. The first kappa shape index (κ1) is 13.0. The zero-order valence-electron chi connectivity index (χ0n) is 6.04. The molecule has 0 aliphatic heterocycles. The van der Waals surface area contributed by atoms with Crippen LogP contribution in [0, 0.1) is 0 Å². The third-order valence-corrected chi connectivity index (χ3v) is 8.03. The highest BCUT2D eigenvalue weighted by Gasteiger charge is 2.15. The highest BCUT2D eigenvalue weighted by molar-refractivity contribution is 9.15. The van der Waals surface area contributed by atoms with E-state index in [1.54, 1.807) is 0 Å². The zero-order chi connectivity index (χ0) is 10.2. The van der Waals surface area contributed by atoms with Crippen LogP contribution in [0.5, 0.6) is 0 Å². The summed E-state index contributed by atoms with van der Waals surface area (Å²) in [6.45, 7) is 0. The van der Waals surface area contributed by atoms with Gasteiger partial charge in [0, 0.05) is 28.1 Å². The van der Waals surface area contributed by atoms with Gasteiger partial charge < -0.3 is 0 Å². The van der Waals surface area contributed by atoms with E-state index in [4.69, 9.17) is 0 Å². The third-order valence-electron chi connectivity index (χ3n) is 1.46. The van der Waals surface area contributed by atoms with Crippen molar-refractivity contribution in [3.63, 3.8) is 0 Å². The molecule has 0 saturated carbocycles. The number of hydrogen-bond donors (Lipinski definition) is 1. The quantitative estimate of drug-likeness (QED) is 0.266. The van der Waals surface area contributed by atoms with Crippen molar-refractivity contribution in [2.24, 2.45) is 0 Å². The SMILES string of the molecule is SCc1c(Br)c(Br)c(Br)c(Br)c1Br. The molecule has 0 unspecified atom stereocenters. The molecule has 1 rings (SSSR count). The highest BCUT2D eigenvalue weighted by Crippen LogP contribution is 2.44. The molecule has 0 bridgehead atoms. The second-order valence-corrected chi connectivity index (χ2v) is 6.49. The summed E-state index contributed by atoms with van der Waals surface area (Å²) < 4.78 is 5.00. The van der Waals surface area contributed by atoms with E-state index in [0.717, 1.165) is 27.9 Å². The molecule has 0 saturated heterocycles. The molecular formula is C7H3Br5S. The van der Waals surface area contributed by atoms with Crippen LogP contribution in [-0.2, 0) is 5.75 Å². The fourth-order valence-corrected chi connectivity index (χ4v) is 4.95. The molecule has 72 valence electrons. The van der Waals surface area contributed by atoms with Crippen LogP contribution < -0.4 is 0 Å². The summed E-state index contributed by atoms with van der Waals surface area (Å²) in [6, 6.07) is 0. The Bertz CT molecular complexity index is 320. The van der Waals surface area contributed by atoms with E-state index in [1.165, 1.54) is 0 Å². The zero-order valence-corrected chi connectivity index (χ0v) is 14.9. The van der Waals surface area contributed by atoms with Crippen molar-refractivity contribution in [3.05, 3.63) is 27.9 Å². The van der Waals surface area contributed by atoms with Crippen molar-refractivity contribution in [3.8, 4) is 0 Å². The van der Waals surface area contributed by atoms with Crippen LogP contribution in [-0.4, -0.2) is 0 Å². The van der Waals surface area contributed by atoms with E-state index in [2.05, 4.69) is 92.3 Å². The number of benzene rings is 1. The Kier molecular flexibility index (Phi) is 5.36. The molecular weight excluding hydrogens is 516 g/mol. The number of rotatable bonds is 1. The van der Waals surface area contributed by atoms with Gasteiger partial charge in [0.1, 0.15) is 0 Å². The van der Waals surface area contributed by atoms with Gasteiger partial charge in [0.15, 0.2) is 0 Å². The Morgan fingerprint density at radius 1 is 0.692 bits per heavy atom. The molecule has 13 heavy (non-hydrogen) atoms. The largest absolute Gasteiger partial charge is 0.174 e. The predicted octanol–water partition coefficient (Wildman–Crippen LogP) is 5.93. The van der Waals surface area contributed by atoms with Crippen molar-refractivity contribution in [2.45, 2.75) is 5.75 Å². The number of hydrogen-bond acceptors (Lipinski definition) is 1. The first-order valence-electron chi connectivity index (χ1n) is 3.11. The van der Waals surface area contributed by atoms with Crippen LogP contribution in [0.4, 0.5) is 0 Å². The smallest absolute Gasteiger partial charge is 0.0482 e. The van der Waals surface area contributed by atoms with Crippen molar-refractivity contribution < 1.29 is 0 Å². The van der Waals surface area contributed by atoms with Crippen LogP contribution in [0.15, 0.2) is 22.4 Å². The Hall–Kier alpha value is 1.97. The molecule has 0 spiro atoms. The lowest BCUT2D eigenvalue weighted by molar-refractivity contribution is 1.30. The van der Waals surface area contributed by atoms with E-state index < -0.39 is 0 Å². The second-order valence-electron chi connectivity index (χ2n) is 2.21. The van der Waals surface area contributed by atoms with Crippen LogP contribution in [0.25, 0.3) is 0 Å². The fourth-order valence-electron chi connectivity index (χ4n) is 0.789. The van der Waals surface area contributed by atoms with E-state index in [1.807, 2.05) is 0 Å². The van der Waals surface area contributed by atoms with Crippen LogP contribution in [0.3, 0.4) is 0 Å². The monoisotopic (exact) mass is 514 g/mol. The van der Waals surface area contributed by atoms with Gasteiger partial charge in [-0.3, -0.25) is 0 Å². The second kappa shape index (κ2) is 5.34. The molecule has 0 aliphatic carbocycles. The highest BCUT2D eigenvalue weighted by atomic mass is 79.9. The van der Waals surface area contributed by atoms with Gasteiger partial charge in [-0.2, -0.15) is 12.6 Å². The summed E-state index contributed by atoms with van der Waals surface area (Å²) in [7, 11) is 0. The van der Waals surface area contributed by atoms with Crippen LogP contribution >= 0.6 is 92.3 Å². The maximum atomic E-state index is 4.26. The van der Waals surface area contributed by atoms with Gasteiger partial charge in [0.2, 0.25) is 0 Å². The molecule has 0 N–H and O–H groups in total. The average Bonchev–Trinajstić information content (AvgIpc) is 2.13. The maximum absolute atomic E-state index is 4.26. The standard InChI is InChI=1S/C7H3Br5S/c8-3-2(1-13)4(9)6(11)7(12)5(3)10/h13H,1H2. The van der Waals surface area contributed by atoms with Crippen LogP contribution in [0.2, 0.25) is 0 Å². The lowest BCUT2D eigenvalue weighted by Gasteiger charge is -2.11. The van der Waals surface area contributed by atoms with Gasteiger partial charge in [-0.25, -0.2) is 0 Å². The Balaban J connectivity index is 3.56. The minimum Gasteiger partial charge on any atom is -0.174 e. The number of halogens is 5. The maximum Gasteiger partial charge on any atom is 0.0482 e. The van der Waals surface area contributed by atoms with E-state index >= 15 is 0 Å². The summed E-state index contributed by atoms with van der Waals surface area (Å²) in [5, 5.41) is 0. The molecule has 0 atom stereocenters. The summed E-state index contributed by atoms with van der Waals surface area (Å²) in [5.74, 6) is 0.672. The molecule has 0 heterocycles. The van der Waals surface area contributed by atoms with Crippen molar-refractivity contribution in [2.75, 3.05) is 0 Å². The van der Waals surface area contributed by atoms with Crippen molar-refractivity contribution in [1.29, 1.82) is 0 Å². The first-order valence-corrected chi connectivity index (χ1v) is 7.71. The molecule has 0 amide bonds. The molecule has 0 aliphatic rings. The van der Waals surface area contributed by atoms with Gasteiger partial charge in [0.05, 0.1) is 0 Å². The van der Waals surface area contributed by atoms with Gasteiger partial charge in [-0.1, -0.05) is 0 Å². The van der Waals surface area contributed by atoms with Gasteiger partial charge in [-0.15, -0.1) is 0 Å². The predicted molar refractivity (Wildman–Crippen MR) is 77.6 cm³/mol. The minimum atomic E-state index is 0.672. The molecule has 1 aromatic carbocycles. The normalized spacial score (nSPS) is 10.6. The van der Waals surface area contributed by atoms with Crippen LogP contribution in [0.1, 0.15) is 5.56 Å². The van der Waals surface area contributed by atoms with Gasteiger partial charge in [-0.05, 0) is 85.2 Å². The molecule has 0 nitrogen and oxygen atoms in total. The van der Waals surface area contributed by atoms with Crippen molar-refractivity contribution in [1.82, 2.24) is 0 Å². The van der Waals surface area contributed by atoms with E-state index in [-0.39, 0.29) is 0 Å². The average molecular weight is 519 g/mol. The Morgan fingerprint density at radius 3 is 1.31 bits per heavy atom. The molecule has 0 aromatic heterocycles. The van der Waals surface area contributed by atoms with Crippen molar-refractivity contribution >= 4 is 92.3 Å². The number of thiol groups is 1. The molecule has 6 heteroatoms. The molecule has 0 radical (unpaired) electrons.